The number of benzene rings is 2. The quantitative estimate of drug-likeness (QED) is 0.839. The zero-order chi connectivity index (χ0) is 15.5. The predicted molar refractivity (Wildman–Crippen MR) is 89.8 cm³/mol. The largest absolute Gasteiger partial charge is 0.392 e. The molecule has 2 rings (SSSR count). The lowest BCUT2D eigenvalue weighted by atomic mass is 9.78. The van der Waals surface area contributed by atoms with Gasteiger partial charge in [-0.15, -0.1) is 0 Å². The molecule has 0 unspecified atom stereocenters. The van der Waals surface area contributed by atoms with Crippen molar-refractivity contribution in [2.24, 2.45) is 5.41 Å². The Morgan fingerprint density at radius 1 is 1.05 bits per heavy atom. The molecule has 2 aromatic rings. The Morgan fingerprint density at radius 2 is 1.67 bits per heavy atom. The van der Waals surface area contributed by atoms with Gasteiger partial charge in [0.15, 0.2) is 0 Å². The van der Waals surface area contributed by atoms with E-state index in [2.05, 4.69) is 45.0 Å². The van der Waals surface area contributed by atoms with E-state index in [1.807, 2.05) is 24.3 Å². The summed E-state index contributed by atoms with van der Waals surface area (Å²) in [6, 6.07) is 16.2. The number of aliphatic hydroxyl groups is 1. The highest BCUT2D eigenvalue weighted by molar-refractivity contribution is 6.31. The summed E-state index contributed by atoms with van der Waals surface area (Å²) in [6.07, 6.45) is 0.996. The fourth-order valence-electron chi connectivity index (χ4n) is 2.50. The van der Waals surface area contributed by atoms with E-state index in [9.17, 15) is 5.11 Å². The van der Waals surface area contributed by atoms with Gasteiger partial charge in [0.2, 0.25) is 0 Å². The van der Waals surface area contributed by atoms with Crippen LogP contribution in [-0.2, 0) is 12.8 Å². The Bertz CT molecular complexity index is 587. The summed E-state index contributed by atoms with van der Waals surface area (Å²) in [5.74, 6) is 0. The molecule has 0 saturated heterocycles. The fraction of sp³-hybridized carbons (Fsp3) is 0.368. The molecule has 2 aromatic carbocycles. The fourth-order valence-corrected chi connectivity index (χ4v) is 2.71. The average Bonchev–Trinajstić information content (AvgIpc) is 2.43. The third-order valence-electron chi connectivity index (χ3n) is 4.05. The van der Waals surface area contributed by atoms with Crippen molar-refractivity contribution < 1.29 is 5.11 Å². The predicted octanol–water partition coefficient (Wildman–Crippen LogP) is 4.82. The van der Waals surface area contributed by atoms with E-state index in [0.29, 0.717) is 6.42 Å². The first-order valence-electron chi connectivity index (χ1n) is 7.35. The zero-order valence-electron chi connectivity index (χ0n) is 12.9. The maximum atomic E-state index is 10.6. The van der Waals surface area contributed by atoms with Gasteiger partial charge in [-0.25, -0.2) is 0 Å². The van der Waals surface area contributed by atoms with Crippen LogP contribution in [0.3, 0.4) is 0 Å². The van der Waals surface area contributed by atoms with Gasteiger partial charge >= 0.3 is 0 Å². The van der Waals surface area contributed by atoms with Gasteiger partial charge in [0.05, 0.1) is 6.10 Å². The van der Waals surface area contributed by atoms with Gasteiger partial charge < -0.3 is 5.11 Å². The molecule has 2 heteroatoms. The summed E-state index contributed by atoms with van der Waals surface area (Å²) < 4.78 is 0. The van der Waals surface area contributed by atoms with E-state index >= 15 is 0 Å². The molecular formula is C19H23ClO. The second-order valence-electron chi connectivity index (χ2n) is 6.46. The number of hydrogen-bond acceptors (Lipinski definition) is 1. The van der Waals surface area contributed by atoms with E-state index in [0.717, 1.165) is 17.0 Å². The smallest absolute Gasteiger partial charge is 0.0635 e. The van der Waals surface area contributed by atoms with Crippen molar-refractivity contribution in [2.45, 2.75) is 39.7 Å². The molecule has 1 nitrogen and oxygen atoms in total. The normalized spacial score (nSPS) is 13.2. The lowest BCUT2D eigenvalue weighted by molar-refractivity contribution is 0.0508. The molecule has 0 amide bonds. The van der Waals surface area contributed by atoms with Crippen LogP contribution in [0.2, 0.25) is 5.02 Å². The molecular weight excluding hydrogens is 280 g/mol. The van der Waals surface area contributed by atoms with Crippen LogP contribution in [0.1, 0.15) is 30.5 Å². The third-order valence-corrected chi connectivity index (χ3v) is 4.42. The lowest BCUT2D eigenvalue weighted by Crippen LogP contribution is -2.33. The van der Waals surface area contributed by atoms with Crippen molar-refractivity contribution in [1.29, 1.82) is 0 Å². The Morgan fingerprint density at radius 3 is 2.29 bits per heavy atom. The summed E-state index contributed by atoms with van der Waals surface area (Å²) in [5.41, 5.74) is 3.31. The minimum Gasteiger partial charge on any atom is -0.392 e. The van der Waals surface area contributed by atoms with Gasteiger partial charge in [-0.2, -0.15) is 0 Å². The molecule has 0 saturated carbocycles. The van der Waals surface area contributed by atoms with Gasteiger partial charge in [0.25, 0.3) is 0 Å². The molecule has 0 radical (unpaired) electrons. The monoisotopic (exact) mass is 302 g/mol. The summed E-state index contributed by atoms with van der Waals surface area (Å²) in [5, 5.41) is 11.3. The zero-order valence-corrected chi connectivity index (χ0v) is 13.7. The molecule has 112 valence electrons. The first kappa shape index (κ1) is 16.1. The van der Waals surface area contributed by atoms with Crippen molar-refractivity contribution >= 4 is 11.6 Å². The topological polar surface area (TPSA) is 20.2 Å². The van der Waals surface area contributed by atoms with Crippen molar-refractivity contribution in [2.75, 3.05) is 0 Å². The minimum absolute atomic E-state index is 0.200. The highest BCUT2D eigenvalue weighted by atomic mass is 35.5. The number of hydrogen-bond donors (Lipinski definition) is 1. The molecule has 0 fully saturated rings. The molecule has 1 N–H and O–H groups in total. The van der Waals surface area contributed by atoms with Crippen molar-refractivity contribution in [1.82, 2.24) is 0 Å². The molecule has 0 aliphatic rings. The van der Waals surface area contributed by atoms with Crippen LogP contribution < -0.4 is 0 Å². The van der Waals surface area contributed by atoms with E-state index in [1.165, 1.54) is 11.1 Å². The van der Waals surface area contributed by atoms with Crippen LogP contribution in [0.4, 0.5) is 0 Å². The first-order chi connectivity index (χ1) is 9.88. The summed E-state index contributed by atoms with van der Waals surface area (Å²) >= 11 is 6.18. The number of rotatable bonds is 5. The maximum absolute atomic E-state index is 10.6. The third kappa shape index (κ3) is 4.33. The van der Waals surface area contributed by atoms with Gasteiger partial charge in [-0.3, -0.25) is 0 Å². The van der Waals surface area contributed by atoms with Gasteiger partial charge in [-0.05, 0) is 36.0 Å². The van der Waals surface area contributed by atoms with Crippen LogP contribution in [0.15, 0.2) is 48.5 Å². The second kappa shape index (κ2) is 6.64. The van der Waals surface area contributed by atoms with E-state index in [-0.39, 0.29) is 5.41 Å². The first-order valence-corrected chi connectivity index (χ1v) is 7.73. The number of aryl methyl sites for hydroxylation is 1. The molecule has 0 spiro atoms. The minimum atomic E-state index is -0.432. The molecule has 1 atom stereocenters. The highest BCUT2D eigenvalue weighted by Crippen LogP contribution is 2.30. The summed E-state index contributed by atoms with van der Waals surface area (Å²) in [7, 11) is 0. The van der Waals surface area contributed by atoms with Crippen LogP contribution in [-0.4, -0.2) is 11.2 Å². The average molecular weight is 303 g/mol. The van der Waals surface area contributed by atoms with Crippen LogP contribution in [0.5, 0.6) is 0 Å². The van der Waals surface area contributed by atoms with Gasteiger partial charge in [-0.1, -0.05) is 73.5 Å². The van der Waals surface area contributed by atoms with Gasteiger partial charge in [0.1, 0.15) is 0 Å². The lowest BCUT2D eigenvalue weighted by Gasteiger charge is -2.31. The number of halogens is 1. The highest BCUT2D eigenvalue weighted by Gasteiger charge is 2.28. The number of aliphatic hydroxyl groups excluding tert-OH is 1. The molecule has 0 aliphatic heterocycles. The van der Waals surface area contributed by atoms with E-state index in [4.69, 9.17) is 11.6 Å². The standard InChI is InChI=1S/C19H23ClO/c1-14-8-10-15(11-9-14)13-19(2,3)18(21)12-16-6-4-5-7-17(16)20/h4-11,18,21H,12-13H2,1-3H3/t18-/m0/s1. The van der Waals surface area contributed by atoms with Crippen LogP contribution in [0, 0.1) is 12.3 Å². The second-order valence-corrected chi connectivity index (χ2v) is 6.87. The molecule has 0 bridgehead atoms. The molecule has 21 heavy (non-hydrogen) atoms. The van der Waals surface area contributed by atoms with Crippen molar-refractivity contribution in [3.05, 3.63) is 70.2 Å². The molecule has 0 heterocycles. The van der Waals surface area contributed by atoms with Crippen LogP contribution >= 0.6 is 11.6 Å². The Balaban J connectivity index is 2.07. The van der Waals surface area contributed by atoms with Gasteiger partial charge in [0, 0.05) is 11.4 Å². The Labute approximate surface area is 132 Å². The van der Waals surface area contributed by atoms with E-state index < -0.39 is 6.10 Å². The Kier molecular flexibility index (Phi) is 5.08. The summed E-state index contributed by atoms with van der Waals surface area (Å²) in [4.78, 5) is 0. The van der Waals surface area contributed by atoms with Crippen molar-refractivity contribution in [3.8, 4) is 0 Å². The summed E-state index contributed by atoms with van der Waals surface area (Å²) in [6.45, 7) is 6.30. The molecule has 0 aromatic heterocycles. The maximum Gasteiger partial charge on any atom is 0.0635 e. The SMILES string of the molecule is Cc1ccc(CC(C)(C)[C@@H](O)Cc2ccccc2Cl)cc1. The van der Waals surface area contributed by atoms with Crippen LogP contribution in [0.25, 0.3) is 0 Å². The van der Waals surface area contributed by atoms with E-state index in [1.54, 1.807) is 0 Å². The Hall–Kier alpha value is -1.31. The van der Waals surface area contributed by atoms with Crippen molar-refractivity contribution in [3.63, 3.8) is 0 Å². The molecule has 0 aliphatic carbocycles.